The van der Waals surface area contributed by atoms with Crippen molar-refractivity contribution in [1.82, 2.24) is 0 Å². The normalized spacial score (nSPS) is 9.96. The van der Waals surface area contributed by atoms with E-state index in [2.05, 4.69) is 16.6 Å². The third kappa shape index (κ3) is 4.15. The van der Waals surface area contributed by atoms with Crippen LogP contribution in [0, 0.1) is 24.0 Å². The third-order valence-corrected chi connectivity index (χ3v) is 3.37. The summed E-state index contributed by atoms with van der Waals surface area (Å²) in [6.07, 6.45) is 5.09. The molecule has 0 aliphatic heterocycles. The summed E-state index contributed by atoms with van der Waals surface area (Å²) in [5.41, 5.74) is 0.0843. The van der Waals surface area contributed by atoms with Gasteiger partial charge in [0, 0.05) is 11.3 Å². The fourth-order valence-corrected chi connectivity index (χ4v) is 2.20. The van der Waals surface area contributed by atoms with Gasteiger partial charge in [0.1, 0.15) is 11.4 Å². The summed E-state index contributed by atoms with van der Waals surface area (Å²) >= 11 is 5.95. The molecule has 4 nitrogen and oxygen atoms in total. The van der Waals surface area contributed by atoms with E-state index in [0.29, 0.717) is 16.5 Å². The summed E-state index contributed by atoms with van der Waals surface area (Å²) < 4.78 is 32.5. The smallest absolute Gasteiger partial charge is 0.243 e. The lowest BCUT2D eigenvalue weighted by atomic mass is 10.2. The van der Waals surface area contributed by atoms with Gasteiger partial charge < -0.3 is 15.4 Å². The lowest BCUT2D eigenvalue weighted by Crippen LogP contribution is -2.22. The van der Waals surface area contributed by atoms with Crippen LogP contribution in [0.25, 0.3) is 0 Å². The van der Waals surface area contributed by atoms with Crippen molar-refractivity contribution in [2.45, 2.75) is 0 Å². The molecule has 2 N–H and O–H groups in total. The summed E-state index contributed by atoms with van der Waals surface area (Å²) in [4.78, 5) is 11.9. The molecule has 0 atom stereocenters. The van der Waals surface area contributed by atoms with Crippen LogP contribution >= 0.6 is 11.6 Å². The number of halogens is 3. The monoisotopic (exact) mass is 350 g/mol. The number of carbonyl (C=O) groups is 1. The van der Waals surface area contributed by atoms with Gasteiger partial charge in [-0.25, -0.2) is 8.78 Å². The van der Waals surface area contributed by atoms with Crippen LogP contribution in [0.15, 0.2) is 30.3 Å². The van der Waals surface area contributed by atoms with Crippen molar-refractivity contribution in [2.24, 2.45) is 0 Å². The van der Waals surface area contributed by atoms with Crippen molar-refractivity contribution in [1.29, 1.82) is 0 Å². The van der Waals surface area contributed by atoms with Crippen LogP contribution in [0.3, 0.4) is 0 Å². The van der Waals surface area contributed by atoms with Crippen molar-refractivity contribution in [3.63, 3.8) is 0 Å². The molecule has 0 heterocycles. The number of nitrogens with one attached hydrogen (secondary N) is 2. The minimum absolute atomic E-state index is 0.0767. The van der Waals surface area contributed by atoms with E-state index < -0.39 is 23.2 Å². The Morgan fingerprint density at radius 1 is 1.29 bits per heavy atom. The van der Waals surface area contributed by atoms with Crippen LogP contribution in [0.2, 0.25) is 5.02 Å². The Labute approximate surface area is 142 Å². The van der Waals surface area contributed by atoms with Gasteiger partial charge in [0.15, 0.2) is 11.6 Å². The Morgan fingerprint density at radius 3 is 2.50 bits per heavy atom. The molecule has 0 aromatic heterocycles. The first-order valence-electron chi connectivity index (χ1n) is 6.77. The molecule has 0 fully saturated rings. The number of terminal acetylenes is 1. The molecule has 0 unspecified atom stereocenters. The molecule has 0 saturated heterocycles. The first-order valence-corrected chi connectivity index (χ1v) is 7.15. The number of hydrogen-bond donors (Lipinski definition) is 2. The molecule has 0 aliphatic rings. The van der Waals surface area contributed by atoms with E-state index in [9.17, 15) is 13.6 Å². The summed E-state index contributed by atoms with van der Waals surface area (Å²) in [6, 6.07) is 6.69. The molecular weight excluding hydrogens is 338 g/mol. The fourth-order valence-electron chi connectivity index (χ4n) is 1.94. The summed E-state index contributed by atoms with van der Waals surface area (Å²) in [6.45, 7) is -0.340. The first kappa shape index (κ1) is 17.6. The molecule has 2 aromatic carbocycles. The second kappa shape index (κ2) is 7.66. The van der Waals surface area contributed by atoms with E-state index in [4.69, 9.17) is 22.8 Å². The molecule has 2 aromatic rings. The van der Waals surface area contributed by atoms with Crippen molar-refractivity contribution in [2.75, 3.05) is 24.3 Å². The number of amides is 1. The Kier molecular flexibility index (Phi) is 5.61. The largest absolute Gasteiger partial charge is 0.495 e. The number of hydrogen-bond acceptors (Lipinski definition) is 3. The molecular formula is C17H13ClF2N2O2. The highest BCUT2D eigenvalue weighted by atomic mass is 35.5. The van der Waals surface area contributed by atoms with Crippen LogP contribution in [-0.4, -0.2) is 19.6 Å². The third-order valence-electron chi connectivity index (χ3n) is 3.07. The maximum atomic E-state index is 13.8. The number of benzene rings is 2. The Hall–Kier alpha value is -2.78. The zero-order chi connectivity index (χ0) is 17.7. The average Bonchev–Trinajstić information content (AvgIpc) is 2.54. The standard InChI is InChI=1S/C17H13ClF2N2O2/c1-3-10-6-13(19)17(14(20)7-10)21-9-16(23)22-11-4-5-15(24-2)12(18)8-11/h1,4-8,21H,9H2,2H3,(H,22,23). The van der Waals surface area contributed by atoms with Gasteiger partial charge in [0.25, 0.3) is 0 Å². The minimum Gasteiger partial charge on any atom is -0.495 e. The Balaban J connectivity index is 2.01. The highest BCUT2D eigenvalue weighted by Gasteiger charge is 2.12. The van der Waals surface area contributed by atoms with Gasteiger partial charge in [-0.2, -0.15) is 0 Å². The fraction of sp³-hybridized carbons (Fsp3) is 0.118. The number of rotatable bonds is 5. The molecule has 1 amide bonds. The molecule has 0 saturated carbocycles. The van der Waals surface area contributed by atoms with E-state index >= 15 is 0 Å². The molecule has 0 bridgehead atoms. The van der Waals surface area contributed by atoms with Gasteiger partial charge in [0.05, 0.1) is 18.7 Å². The highest BCUT2D eigenvalue weighted by molar-refractivity contribution is 6.32. The molecule has 0 spiro atoms. The molecule has 7 heteroatoms. The number of anilines is 2. The van der Waals surface area contributed by atoms with E-state index in [0.717, 1.165) is 12.1 Å². The van der Waals surface area contributed by atoms with Gasteiger partial charge in [-0.1, -0.05) is 17.5 Å². The van der Waals surface area contributed by atoms with Crippen LogP contribution in [0.5, 0.6) is 5.75 Å². The number of methoxy groups -OCH3 is 1. The quantitative estimate of drug-likeness (QED) is 0.809. The van der Waals surface area contributed by atoms with Gasteiger partial charge in [0.2, 0.25) is 5.91 Å². The zero-order valence-electron chi connectivity index (χ0n) is 12.6. The van der Waals surface area contributed by atoms with Crippen LogP contribution < -0.4 is 15.4 Å². The minimum atomic E-state index is -0.872. The van der Waals surface area contributed by atoms with Crippen molar-refractivity contribution in [3.8, 4) is 18.1 Å². The molecule has 0 radical (unpaired) electrons. The Bertz CT molecular complexity index is 796. The van der Waals surface area contributed by atoms with Crippen LogP contribution in [0.1, 0.15) is 5.56 Å². The van der Waals surface area contributed by atoms with Gasteiger partial charge in [-0.3, -0.25) is 4.79 Å². The van der Waals surface area contributed by atoms with E-state index in [1.807, 2.05) is 0 Å². The topological polar surface area (TPSA) is 50.4 Å². The maximum absolute atomic E-state index is 13.8. The van der Waals surface area contributed by atoms with E-state index in [-0.39, 0.29) is 12.1 Å². The lowest BCUT2D eigenvalue weighted by molar-refractivity contribution is -0.114. The summed E-state index contributed by atoms with van der Waals surface area (Å²) in [7, 11) is 1.47. The second-order valence-electron chi connectivity index (χ2n) is 4.71. The lowest BCUT2D eigenvalue weighted by Gasteiger charge is -2.11. The predicted molar refractivity (Wildman–Crippen MR) is 89.4 cm³/mol. The summed E-state index contributed by atoms with van der Waals surface area (Å²) in [5, 5.41) is 5.27. The highest BCUT2D eigenvalue weighted by Crippen LogP contribution is 2.27. The number of carbonyl (C=O) groups excluding carboxylic acids is 1. The maximum Gasteiger partial charge on any atom is 0.243 e. The first-order chi connectivity index (χ1) is 11.4. The molecule has 24 heavy (non-hydrogen) atoms. The van der Waals surface area contributed by atoms with Crippen molar-refractivity contribution >= 4 is 28.9 Å². The predicted octanol–water partition coefficient (Wildman–Crippen LogP) is 3.66. The molecule has 0 aliphatic carbocycles. The van der Waals surface area contributed by atoms with Crippen molar-refractivity contribution < 1.29 is 18.3 Å². The van der Waals surface area contributed by atoms with Crippen LogP contribution in [-0.2, 0) is 4.79 Å². The SMILES string of the molecule is C#Cc1cc(F)c(NCC(=O)Nc2ccc(OC)c(Cl)c2)c(F)c1. The van der Waals surface area contributed by atoms with Gasteiger partial charge in [-0.15, -0.1) is 6.42 Å². The molecule has 124 valence electrons. The van der Waals surface area contributed by atoms with E-state index in [1.54, 1.807) is 12.1 Å². The van der Waals surface area contributed by atoms with Crippen LogP contribution in [0.4, 0.5) is 20.2 Å². The molecule has 2 rings (SSSR count). The zero-order valence-corrected chi connectivity index (χ0v) is 13.4. The summed E-state index contributed by atoms with van der Waals surface area (Å²) in [5.74, 6) is 0.354. The Morgan fingerprint density at radius 2 is 1.96 bits per heavy atom. The average molecular weight is 351 g/mol. The van der Waals surface area contributed by atoms with Crippen molar-refractivity contribution in [3.05, 3.63) is 52.6 Å². The van der Waals surface area contributed by atoms with Gasteiger partial charge >= 0.3 is 0 Å². The van der Waals surface area contributed by atoms with E-state index in [1.165, 1.54) is 13.2 Å². The van der Waals surface area contributed by atoms with Gasteiger partial charge in [-0.05, 0) is 30.3 Å². The second-order valence-corrected chi connectivity index (χ2v) is 5.12. The number of ether oxygens (including phenoxy) is 1.